The van der Waals surface area contributed by atoms with Crippen molar-refractivity contribution in [3.05, 3.63) is 35.9 Å². The number of ether oxygens (including phenoxy) is 2. The number of carbonyl (C=O) groups excluding carboxylic acids is 1. The van der Waals surface area contributed by atoms with Crippen LogP contribution in [-0.2, 0) is 26.1 Å². The lowest BCUT2D eigenvalue weighted by Gasteiger charge is -2.44. The van der Waals surface area contributed by atoms with Crippen LogP contribution in [0, 0.1) is 0 Å². The number of hydrogen-bond donors (Lipinski definition) is 2. The van der Waals surface area contributed by atoms with Crippen molar-refractivity contribution >= 4 is 16.1 Å². The number of aliphatic hydroxyl groups is 2. The van der Waals surface area contributed by atoms with Crippen molar-refractivity contribution in [2.45, 2.75) is 69.8 Å². The summed E-state index contributed by atoms with van der Waals surface area (Å²) >= 11 is 0. The monoisotopic (exact) mass is 415 g/mol. The molecule has 1 heterocycles. The second-order valence-corrected chi connectivity index (χ2v) is 9.85. The molecule has 1 aromatic carbocycles. The highest BCUT2D eigenvalue weighted by atomic mass is 32.2. The maximum Gasteiger partial charge on any atom is 0.424 e. The van der Waals surface area contributed by atoms with Crippen molar-refractivity contribution in [1.29, 1.82) is 0 Å². The standard InChI is InChI=1S/C19H29NO7S/c1-5-15-17(22)16(21)14(12-26-11-13-9-7-6-8-10-13)20(28(15,24)25)18(23)27-19(2,3)4/h6-10,14-17,21-22H,5,11-12H2,1-4H3/t14-,15+,16-,17+/m0/s1. The lowest BCUT2D eigenvalue weighted by atomic mass is 10.0. The van der Waals surface area contributed by atoms with Crippen LogP contribution in [0.1, 0.15) is 39.7 Å². The van der Waals surface area contributed by atoms with Crippen LogP contribution in [-0.4, -0.2) is 64.7 Å². The molecule has 0 aliphatic carbocycles. The Labute approximate surface area is 166 Å². The average molecular weight is 416 g/mol. The van der Waals surface area contributed by atoms with E-state index in [-0.39, 0.29) is 19.6 Å². The molecular formula is C19H29NO7S. The summed E-state index contributed by atoms with van der Waals surface area (Å²) in [7, 11) is -4.24. The van der Waals surface area contributed by atoms with Gasteiger partial charge in [-0.05, 0) is 32.8 Å². The summed E-state index contributed by atoms with van der Waals surface area (Å²) in [5, 5.41) is 19.6. The van der Waals surface area contributed by atoms with Gasteiger partial charge < -0.3 is 19.7 Å². The summed E-state index contributed by atoms with van der Waals surface area (Å²) in [6, 6.07) is 7.90. The molecule has 1 saturated heterocycles. The molecular weight excluding hydrogens is 386 g/mol. The van der Waals surface area contributed by atoms with Gasteiger partial charge in [0.15, 0.2) is 0 Å². The number of aliphatic hydroxyl groups excluding tert-OH is 2. The predicted octanol–water partition coefficient (Wildman–Crippen LogP) is 1.65. The summed E-state index contributed by atoms with van der Waals surface area (Å²) in [5.41, 5.74) is -0.0726. The molecule has 8 nitrogen and oxygen atoms in total. The number of rotatable bonds is 5. The molecule has 28 heavy (non-hydrogen) atoms. The van der Waals surface area contributed by atoms with Crippen LogP contribution < -0.4 is 0 Å². The van der Waals surface area contributed by atoms with E-state index in [9.17, 15) is 23.4 Å². The smallest absolute Gasteiger partial charge is 0.424 e. The van der Waals surface area contributed by atoms with E-state index in [0.717, 1.165) is 5.56 Å². The number of benzene rings is 1. The first-order valence-corrected chi connectivity index (χ1v) is 10.7. The van der Waals surface area contributed by atoms with Crippen LogP contribution >= 0.6 is 0 Å². The average Bonchev–Trinajstić information content (AvgIpc) is 2.58. The van der Waals surface area contributed by atoms with E-state index < -0.39 is 45.2 Å². The molecule has 2 N–H and O–H groups in total. The minimum atomic E-state index is -4.24. The van der Waals surface area contributed by atoms with Gasteiger partial charge in [-0.25, -0.2) is 13.2 Å². The third kappa shape index (κ3) is 5.02. The fourth-order valence-electron chi connectivity index (χ4n) is 3.13. The van der Waals surface area contributed by atoms with Crippen LogP contribution in [0.25, 0.3) is 0 Å². The summed E-state index contributed by atoms with van der Waals surface area (Å²) < 4.78 is 37.3. The van der Waals surface area contributed by atoms with E-state index in [1.807, 2.05) is 30.3 Å². The molecule has 0 unspecified atom stereocenters. The lowest BCUT2D eigenvalue weighted by Crippen LogP contribution is -2.66. The molecule has 1 fully saturated rings. The number of carbonyl (C=O) groups is 1. The number of sulfonamides is 1. The molecule has 4 atom stereocenters. The Hall–Kier alpha value is -1.68. The lowest BCUT2D eigenvalue weighted by molar-refractivity contribution is -0.0660. The highest BCUT2D eigenvalue weighted by molar-refractivity contribution is 7.90. The Morgan fingerprint density at radius 2 is 1.75 bits per heavy atom. The minimum absolute atomic E-state index is 0.0391. The van der Waals surface area contributed by atoms with Crippen molar-refractivity contribution in [3.8, 4) is 0 Å². The van der Waals surface area contributed by atoms with E-state index in [0.29, 0.717) is 4.31 Å². The van der Waals surface area contributed by atoms with Crippen LogP contribution in [0.15, 0.2) is 30.3 Å². The number of amides is 1. The van der Waals surface area contributed by atoms with Gasteiger partial charge in [-0.2, -0.15) is 4.31 Å². The molecule has 0 aromatic heterocycles. The molecule has 1 aliphatic heterocycles. The van der Waals surface area contributed by atoms with Crippen LogP contribution in [0.2, 0.25) is 0 Å². The van der Waals surface area contributed by atoms with Crippen molar-refractivity contribution < 1.29 is 32.9 Å². The molecule has 1 aliphatic rings. The molecule has 0 radical (unpaired) electrons. The first-order chi connectivity index (χ1) is 13.0. The van der Waals surface area contributed by atoms with Crippen molar-refractivity contribution in [1.82, 2.24) is 4.31 Å². The normalized spacial score (nSPS) is 27.4. The van der Waals surface area contributed by atoms with Crippen LogP contribution in [0.4, 0.5) is 4.79 Å². The van der Waals surface area contributed by atoms with E-state index in [1.165, 1.54) is 0 Å². The summed E-state index contributed by atoms with van der Waals surface area (Å²) in [6.45, 7) is 6.31. The van der Waals surface area contributed by atoms with Gasteiger partial charge in [0, 0.05) is 0 Å². The fourth-order valence-corrected chi connectivity index (χ4v) is 5.17. The zero-order chi connectivity index (χ0) is 21.1. The summed E-state index contributed by atoms with van der Waals surface area (Å²) in [5.74, 6) is 0. The van der Waals surface area contributed by atoms with E-state index in [4.69, 9.17) is 9.47 Å². The largest absolute Gasteiger partial charge is 0.443 e. The van der Waals surface area contributed by atoms with Gasteiger partial charge in [0.25, 0.3) is 0 Å². The van der Waals surface area contributed by atoms with Crippen molar-refractivity contribution in [2.24, 2.45) is 0 Å². The SMILES string of the molecule is CC[C@@H]1[C@@H](O)[C@@H](O)[C@H](COCc2ccccc2)N(C(=O)OC(C)(C)C)S1(=O)=O. The molecule has 1 aromatic rings. The van der Waals surface area contributed by atoms with Gasteiger partial charge in [0.05, 0.1) is 13.2 Å². The Kier molecular flexibility index (Phi) is 7.08. The third-order valence-corrected chi connectivity index (χ3v) is 6.80. The second-order valence-electron chi connectivity index (χ2n) is 7.82. The third-order valence-electron chi connectivity index (χ3n) is 4.46. The number of hydrogen-bond acceptors (Lipinski definition) is 7. The molecule has 2 rings (SSSR count). The van der Waals surface area contributed by atoms with Gasteiger partial charge in [0.1, 0.15) is 29.1 Å². The highest BCUT2D eigenvalue weighted by Gasteiger charge is 2.54. The summed E-state index contributed by atoms with van der Waals surface area (Å²) in [4.78, 5) is 12.7. The molecule has 0 bridgehead atoms. The molecule has 0 saturated carbocycles. The maximum atomic E-state index is 13.0. The quantitative estimate of drug-likeness (QED) is 0.752. The van der Waals surface area contributed by atoms with Gasteiger partial charge in [-0.1, -0.05) is 37.3 Å². The first-order valence-electron chi connectivity index (χ1n) is 9.23. The Morgan fingerprint density at radius 3 is 2.29 bits per heavy atom. The molecule has 9 heteroatoms. The predicted molar refractivity (Wildman–Crippen MR) is 103 cm³/mol. The second kappa shape index (κ2) is 8.77. The van der Waals surface area contributed by atoms with E-state index in [2.05, 4.69) is 0 Å². The summed E-state index contributed by atoms with van der Waals surface area (Å²) in [6.07, 6.45) is -4.07. The molecule has 158 valence electrons. The Morgan fingerprint density at radius 1 is 1.14 bits per heavy atom. The van der Waals surface area contributed by atoms with Gasteiger partial charge in [-0.15, -0.1) is 0 Å². The van der Waals surface area contributed by atoms with E-state index in [1.54, 1.807) is 27.7 Å². The minimum Gasteiger partial charge on any atom is -0.443 e. The molecule has 1 amide bonds. The maximum absolute atomic E-state index is 13.0. The highest BCUT2D eigenvalue weighted by Crippen LogP contribution is 2.31. The fraction of sp³-hybridized carbons (Fsp3) is 0.632. The topological polar surface area (TPSA) is 113 Å². The first kappa shape index (κ1) is 22.6. The van der Waals surface area contributed by atoms with E-state index >= 15 is 0 Å². The zero-order valence-electron chi connectivity index (χ0n) is 16.6. The van der Waals surface area contributed by atoms with Crippen molar-refractivity contribution in [3.63, 3.8) is 0 Å². The Balaban J connectivity index is 2.27. The Bertz CT molecular complexity index is 760. The van der Waals surface area contributed by atoms with Gasteiger partial charge in [-0.3, -0.25) is 0 Å². The van der Waals surface area contributed by atoms with Crippen molar-refractivity contribution in [2.75, 3.05) is 6.61 Å². The van der Waals surface area contributed by atoms with Gasteiger partial charge >= 0.3 is 6.09 Å². The van der Waals surface area contributed by atoms with Crippen LogP contribution in [0.5, 0.6) is 0 Å². The number of nitrogens with zero attached hydrogens (tertiary/aromatic N) is 1. The van der Waals surface area contributed by atoms with Gasteiger partial charge in [0.2, 0.25) is 10.0 Å². The van der Waals surface area contributed by atoms with Crippen LogP contribution in [0.3, 0.4) is 0 Å². The zero-order valence-corrected chi connectivity index (χ0v) is 17.4. The molecule has 0 spiro atoms.